The number of hydrogen-bond donors (Lipinski definition) is 0. The topological polar surface area (TPSA) is 46.2 Å². The first-order chi connectivity index (χ1) is 14.1. The maximum atomic E-state index is 6.88. The minimum absolute atomic E-state index is 0.690. The van der Waals surface area contributed by atoms with E-state index in [0.717, 1.165) is 76.3 Å². The van der Waals surface area contributed by atoms with Gasteiger partial charge in [-0.25, -0.2) is 0 Å². The summed E-state index contributed by atoms with van der Waals surface area (Å²) in [6.07, 6.45) is 10.4. The zero-order valence-corrected chi connectivity index (χ0v) is 22.4. The maximum absolute atomic E-state index is 6.88. The van der Waals surface area contributed by atoms with Gasteiger partial charge >= 0.3 is 17.6 Å². The molecule has 5 nitrogen and oxygen atoms in total. The van der Waals surface area contributed by atoms with Crippen LogP contribution in [0.5, 0.6) is 0 Å². The summed E-state index contributed by atoms with van der Waals surface area (Å²) in [7, 11) is -5.70. The van der Waals surface area contributed by atoms with Gasteiger partial charge in [-0.3, -0.25) is 0 Å². The van der Waals surface area contributed by atoms with Gasteiger partial charge in [0.1, 0.15) is 0 Å². The van der Waals surface area contributed by atoms with Crippen molar-refractivity contribution in [3.05, 3.63) is 0 Å². The monoisotopic (exact) mass is 450 g/mol. The molecule has 0 aromatic carbocycles. The Bertz CT molecular complexity index is 306. The fourth-order valence-electron chi connectivity index (χ4n) is 2.93. The molecule has 0 aliphatic carbocycles. The minimum Gasteiger partial charge on any atom is -0.374 e. The van der Waals surface area contributed by atoms with Gasteiger partial charge in [-0.2, -0.15) is 0 Å². The summed E-state index contributed by atoms with van der Waals surface area (Å²) >= 11 is 0. The van der Waals surface area contributed by atoms with Crippen LogP contribution >= 0.6 is 0 Å². The first-order valence-corrected chi connectivity index (χ1v) is 16.2. The Balaban J connectivity index is 5.62. The van der Waals surface area contributed by atoms with Gasteiger partial charge in [0.05, 0.1) is 0 Å². The van der Waals surface area contributed by atoms with E-state index in [-0.39, 0.29) is 0 Å². The summed E-state index contributed by atoms with van der Waals surface area (Å²) in [5.41, 5.74) is 0. The van der Waals surface area contributed by atoms with E-state index in [2.05, 4.69) is 41.5 Å². The summed E-state index contributed by atoms with van der Waals surface area (Å²) in [6.45, 7) is 15.8. The van der Waals surface area contributed by atoms with Crippen LogP contribution in [0.15, 0.2) is 0 Å². The van der Waals surface area contributed by atoms with Crippen molar-refractivity contribution in [2.75, 3.05) is 26.4 Å². The second-order valence-corrected chi connectivity index (χ2v) is 13.5. The van der Waals surface area contributed by atoms with Crippen molar-refractivity contribution in [1.29, 1.82) is 0 Å². The lowest BCUT2D eigenvalue weighted by atomic mass is 10.4. The lowest BCUT2D eigenvalue weighted by Gasteiger charge is -2.38. The second-order valence-electron chi connectivity index (χ2n) is 7.78. The average molecular weight is 451 g/mol. The standard InChI is InChI=1S/C22H50O5Si2/c1-7-13-17-23-28(21-11-5,24-18-14-8-2)27-29(22-12-6,25-19-15-9-3)26-20-16-10-4/h7-22H2,1-6H3. The third-order valence-electron chi connectivity index (χ3n) is 4.70. The molecular formula is C22H50O5Si2. The van der Waals surface area contributed by atoms with Gasteiger partial charge in [0.15, 0.2) is 0 Å². The van der Waals surface area contributed by atoms with Crippen molar-refractivity contribution in [3.8, 4) is 0 Å². The zero-order chi connectivity index (χ0) is 21.8. The van der Waals surface area contributed by atoms with Gasteiger partial charge in [0.2, 0.25) is 0 Å². The van der Waals surface area contributed by atoms with Crippen molar-refractivity contribution in [1.82, 2.24) is 0 Å². The van der Waals surface area contributed by atoms with Gasteiger partial charge in [0, 0.05) is 38.5 Å². The van der Waals surface area contributed by atoms with Gasteiger partial charge in [-0.1, -0.05) is 80.1 Å². The Morgan fingerprint density at radius 2 is 0.690 bits per heavy atom. The molecule has 7 heteroatoms. The highest BCUT2D eigenvalue weighted by atomic mass is 28.5. The molecule has 0 radical (unpaired) electrons. The Kier molecular flexibility index (Phi) is 19.1. The molecule has 0 N–H and O–H groups in total. The SMILES string of the molecule is CCCCO[Si](CCC)(OCCCC)O[Si](CCC)(OCCCC)OCCCC. The summed E-state index contributed by atoms with van der Waals surface area (Å²) in [6, 6.07) is 1.65. The van der Waals surface area contributed by atoms with E-state index in [1.54, 1.807) is 0 Å². The highest BCUT2D eigenvalue weighted by Gasteiger charge is 2.53. The molecule has 0 heterocycles. The van der Waals surface area contributed by atoms with E-state index < -0.39 is 17.6 Å². The first kappa shape index (κ1) is 29.2. The minimum atomic E-state index is -2.85. The first-order valence-electron chi connectivity index (χ1n) is 12.3. The quantitative estimate of drug-likeness (QED) is 0.132. The second kappa shape index (κ2) is 19.0. The van der Waals surface area contributed by atoms with Crippen LogP contribution in [-0.2, 0) is 21.8 Å². The van der Waals surface area contributed by atoms with E-state index >= 15 is 0 Å². The predicted octanol–water partition coefficient (Wildman–Crippen LogP) is 6.97. The molecule has 0 spiro atoms. The third kappa shape index (κ3) is 13.3. The number of rotatable bonds is 22. The molecule has 0 bridgehead atoms. The van der Waals surface area contributed by atoms with Crippen LogP contribution in [-0.4, -0.2) is 44.0 Å². The molecular weight excluding hydrogens is 400 g/mol. The van der Waals surface area contributed by atoms with E-state index in [1.165, 1.54) is 0 Å². The van der Waals surface area contributed by atoms with Gasteiger partial charge in [-0.05, 0) is 25.7 Å². The molecule has 0 fully saturated rings. The Morgan fingerprint density at radius 1 is 0.414 bits per heavy atom. The molecule has 0 aliphatic heterocycles. The number of hydrogen-bond acceptors (Lipinski definition) is 5. The molecule has 176 valence electrons. The zero-order valence-electron chi connectivity index (χ0n) is 20.4. The maximum Gasteiger partial charge on any atom is 0.493 e. The third-order valence-corrected chi connectivity index (χ3v) is 12.0. The fraction of sp³-hybridized carbons (Fsp3) is 1.00. The Morgan fingerprint density at radius 3 is 0.897 bits per heavy atom. The van der Waals surface area contributed by atoms with Crippen LogP contribution in [0.4, 0.5) is 0 Å². The predicted molar refractivity (Wildman–Crippen MR) is 126 cm³/mol. The van der Waals surface area contributed by atoms with Crippen LogP contribution in [0, 0.1) is 0 Å². The van der Waals surface area contributed by atoms with Crippen molar-refractivity contribution < 1.29 is 21.8 Å². The summed E-state index contributed by atoms with van der Waals surface area (Å²) in [4.78, 5) is 0. The van der Waals surface area contributed by atoms with Crippen molar-refractivity contribution in [2.24, 2.45) is 0 Å². The highest BCUT2D eigenvalue weighted by Crippen LogP contribution is 2.29. The summed E-state index contributed by atoms with van der Waals surface area (Å²) in [5, 5.41) is 0. The highest BCUT2D eigenvalue weighted by molar-refractivity contribution is 6.75. The van der Waals surface area contributed by atoms with Crippen LogP contribution in [0.2, 0.25) is 12.1 Å². The van der Waals surface area contributed by atoms with Crippen LogP contribution in [0.3, 0.4) is 0 Å². The van der Waals surface area contributed by atoms with Crippen molar-refractivity contribution in [2.45, 2.75) is 118 Å². The van der Waals surface area contributed by atoms with Gasteiger partial charge in [-0.15, -0.1) is 0 Å². The van der Waals surface area contributed by atoms with E-state index in [1.807, 2.05) is 0 Å². The molecule has 0 atom stereocenters. The lowest BCUT2D eigenvalue weighted by Crippen LogP contribution is -2.59. The van der Waals surface area contributed by atoms with Gasteiger partial charge < -0.3 is 21.8 Å². The molecule has 0 saturated heterocycles. The van der Waals surface area contributed by atoms with Crippen molar-refractivity contribution in [3.63, 3.8) is 0 Å². The lowest BCUT2D eigenvalue weighted by molar-refractivity contribution is 0.0383. The smallest absolute Gasteiger partial charge is 0.374 e. The molecule has 0 saturated carbocycles. The number of unbranched alkanes of at least 4 members (excludes halogenated alkanes) is 4. The molecule has 0 aliphatic rings. The summed E-state index contributed by atoms with van der Waals surface area (Å²) < 4.78 is 32.6. The fourth-order valence-corrected chi connectivity index (χ4v) is 10.4. The Labute approximate surface area is 183 Å². The molecule has 0 amide bonds. The molecule has 0 aromatic heterocycles. The van der Waals surface area contributed by atoms with Crippen LogP contribution < -0.4 is 0 Å². The van der Waals surface area contributed by atoms with E-state index in [9.17, 15) is 0 Å². The van der Waals surface area contributed by atoms with Crippen molar-refractivity contribution >= 4 is 17.6 Å². The van der Waals surface area contributed by atoms with Crippen LogP contribution in [0.25, 0.3) is 0 Å². The molecule has 0 aromatic rings. The summed E-state index contributed by atoms with van der Waals surface area (Å²) in [5.74, 6) is 0. The largest absolute Gasteiger partial charge is 0.493 e. The normalized spacial score (nSPS) is 12.6. The molecule has 0 rings (SSSR count). The Hall–Kier alpha value is 0.234. The van der Waals surface area contributed by atoms with Crippen LogP contribution in [0.1, 0.15) is 106 Å². The van der Waals surface area contributed by atoms with Gasteiger partial charge in [0.25, 0.3) is 0 Å². The average Bonchev–Trinajstić information content (AvgIpc) is 2.69. The molecule has 29 heavy (non-hydrogen) atoms. The van der Waals surface area contributed by atoms with E-state index in [0.29, 0.717) is 26.4 Å². The molecule has 0 unspecified atom stereocenters. The van der Waals surface area contributed by atoms with E-state index in [4.69, 9.17) is 21.8 Å².